The van der Waals surface area contributed by atoms with E-state index < -0.39 is 5.97 Å². The van der Waals surface area contributed by atoms with E-state index in [1.807, 2.05) is 48.5 Å². The smallest absolute Gasteiger partial charge is 0.304 e. The van der Waals surface area contributed by atoms with E-state index in [0.29, 0.717) is 23.5 Å². The lowest BCUT2D eigenvalue weighted by atomic mass is 9.87. The van der Waals surface area contributed by atoms with Crippen LogP contribution in [0.3, 0.4) is 0 Å². The van der Waals surface area contributed by atoms with E-state index in [2.05, 4.69) is 15.7 Å². The molecule has 8 nitrogen and oxygen atoms in total. The minimum absolute atomic E-state index is 0.0813. The molecule has 3 aromatic rings. The Hall–Kier alpha value is -4.33. The molecule has 0 bridgehead atoms. The average molecular weight is 447 g/mol. The topological polar surface area (TPSA) is 126 Å². The molecule has 3 aromatic carbocycles. The number of aliphatic carboxylic acids is 1. The molecule has 0 saturated carbocycles. The van der Waals surface area contributed by atoms with Gasteiger partial charge in [-0.3, -0.25) is 9.59 Å². The number of benzene rings is 3. The predicted molar refractivity (Wildman–Crippen MR) is 127 cm³/mol. The number of carbonyl (C=O) groups is 2. The van der Waals surface area contributed by atoms with E-state index in [1.54, 1.807) is 31.4 Å². The third-order valence-electron chi connectivity index (χ3n) is 5.13. The minimum atomic E-state index is -0.905. The first-order valence-electron chi connectivity index (χ1n) is 10.3. The number of methoxy groups -OCH3 is 1. The van der Waals surface area contributed by atoms with Crippen molar-refractivity contribution in [2.24, 2.45) is 10.9 Å². The summed E-state index contributed by atoms with van der Waals surface area (Å²) in [6.45, 7) is 0.292. The van der Waals surface area contributed by atoms with Gasteiger partial charge >= 0.3 is 5.97 Å². The molecule has 3 rings (SSSR count). The van der Waals surface area contributed by atoms with Gasteiger partial charge in [0.15, 0.2) is 0 Å². The quantitative estimate of drug-likeness (QED) is 0.163. The van der Waals surface area contributed by atoms with Gasteiger partial charge in [-0.2, -0.15) is 5.10 Å². The van der Waals surface area contributed by atoms with Crippen LogP contribution in [0.2, 0.25) is 0 Å². The SMILES string of the molecule is COc1ccccc1C(CC(=O)O)c1cccc(CNC(=O)c2cccc(NC=NN)c2)c1. The van der Waals surface area contributed by atoms with Crippen LogP contribution in [0, 0.1) is 0 Å². The van der Waals surface area contributed by atoms with Crippen molar-refractivity contribution in [3.05, 3.63) is 95.1 Å². The zero-order valence-electron chi connectivity index (χ0n) is 18.2. The first-order chi connectivity index (χ1) is 16.0. The summed E-state index contributed by atoms with van der Waals surface area (Å²) in [4.78, 5) is 24.2. The number of hydrogen-bond donors (Lipinski definition) is 4. The zero-order valence-corrected chi connectivity index (χ0v) is 18.2. The maximum Gasteiger partial charge on any atom is 0.304 e. The third-order valence-corrected chi connectivity index (χ3v) is 5.13. The molecule has 0 aliphatic rings. The number of carboxylic acids is 1. The lowest BCUT2D eigenvalue weighted by Gasteiger charge is -2.19. The van der Waals surface area contributed by atoms with Crippen LogP contribution < -0.4 is 21.2 Å². The normalized spacial score (nSPS) is 11.7. The molecule has 0 aromatic heterocycles. The van der Waals surface area contributed by atoms with E-state index in [4.69, 9.17) is 10.6 Å². The number of hydrogen-bond acceptors (Lipinski definition) is 5. The van der Waals surface area contributed by atoms with Crippen LogP contribution in [0.15, 0.2) is 77.9 Å². The summed E-state index contributed by atoms with van der Waals surface area (Å²) < 4.78 is 5.45. The molecule has 33 heavy (non-hydrogen) atoms. The number of amides is 1. The number of hydrazone groups is 1. The molecule has 170 valence electrons. The molecule has 0 fully saturated rings. The Morgan fingerprint density at radius 1 is 1.09 bits per heavy atom. The fraction of sp³-hybridized carbons (Fsp3) is 0.160. The number of nitrogens with zero attached hydrogens (tertiary/aromatic N) is 1. The number of ether oxygens (including phenoxy) is 1. The van der Waals surface area contributed by atoms with E-state index in [9.17, 15) is 14.7 Å². The summed E-state index contributed by atoms with van der Waals surface area (Å²) in [7, 11) is 1.57. The van der Waals surface area contributed by atoms with Gasteiger partial charge in [0.05, 0.1) is 13.5 Å². The summed E-state index contributed by atoms with van der Waals surface area (Å²) in [6.07, 6.45) is 1.25. The van der Waals surface area contributed by atoms with Crippen molar-refractivity contribution in [1.29, 1.82) is 0 Å². The van der Waals surface area contributed by atoms with Crippen molar-refractivity contribution in [3.8, 4) is 5.75 Å². The monoisotopic (exact) mass is 446 g/mol. The van der Waals surface area contributed by atoms with Gasteiger partial charge < -0.3 is 26.3 Å². The van der Waals surface area contributed by atoms with E-state index in [0.717, 1.165) is 16.7 Å². The Balaban J connectivity index is 1.78. The molecule has 5 N–H and O–H groups in total. The molecule has 8 heteroatoms. The number of nitrogens with two attached hydrogens (primary N) is 1. The molecule has 0 heterocycles. The van der Waals surface area contributed by atoms with Crippen LogP contribution in [0.4, 0.5) is 5.69 Å². The number of anilines is 1. The fourth-order valence-corrected chi connectivity index (χ4v) is 3.60. The standard InChI is InChI=1S/C25H26N4O4/c1-33-23-11-3-2-10-21(23)22(14-24(30)31)18-7-4-6-17(12-18)15-27-25(32)19-8-5-9-20(13-19)28-16-29-26/h2-13,16,22H,14-15,26H2,1H3,(H,27,32)(H,28,29)(H,30,31). The first kappa shape index (κ1) is 23.3. The lowest BCUT2D eigenvalue weighted by molar-refractivity contribution is -0.137. The van der Waals surface area contributed by atoms with Gasteiger partial charge in [-0.1, -0.05) is 48.5 Å². The Bertz CT molecular complexity index is 1150. The second kappa shape index (κ2) is 11.3. The van der Waals surface area contributed by atoms with Gasteiger partial charge in [0.25, 0.3) is 5.91 Å². The second-order valence-corrected chi connectivity index (χ2v) is 7.32. The highest BCUT2D eigenvalue weighted by atomic mass is 16.5. The van der Waals surface area contributed by atoms with Gasteiger partial charge in [-0.15, -0.1) is 0 Å². The molecule has 0 saturated heterocycles. The van der Waals surface area contributed by atoms with Crippen LogP contribution in [0.1, 0.15) is 39.4 Å². The molecule has 0 aliphatic carbocycles. The number of carboxylic acid groups (broad SMARTS) is 1. The lowest BCUT2D eigenvalue weighted by Crippen LogP contribution is -2.23. The molecule has 1 amide bonds. The summed E-state index contributed by atoms with van der Waals surface area (Å²) >= 11 is 0. The van der Waals surface area contributed by atoms with Gasteiger partial charge in [0.1, 0.15) is 12.1 Å². The van der Waals surface area contributed by atoms with Crippen LogP contribution in [-0.4, -0.2) is 30.4 Å². The van der Waals surface area contributed by atoms with Crippen LogP contribution in [-0.2, 0) is 11.3 Å². The minimum Gasteiger partial charge on any atom is -0.496 e. The van der Waals surface area contributed by atoms with Crippen molar-refractivity contribution in [2.75, 3.05) is 12.4 Å². The van der Waals surface area contributed by atoms with E-state index >= 15 is 0 Å². The maximum absolute atomic E-state index is 12.6. The summed E-state index contributed by atoms with van der Waals surface area (Å²) in [5, 5.41) is 18.6. The van der Waals surface area contributed by atoms with Crippen LogP contribution >= 0.6 is 0 Å². The fourth-order valence-electron chi connectivity index (χ4n) is 3.60. The molecular weight excluding hydrogens is 420 g/mol. The second-order valence-electron chi connectivity index (χ2n) is 7.32. The number of para-hydroxylation sites is 1. The summed E-state index contributed by atoms with van der Waals surface area (Å²) in [5.41, 5.74) is 3.66. The van der Waals surface area contributed by atoms with Gasteiger partial charge in [-0.25, -0.2) is 0 Å². The summed E-state index contributed by atoms with van der Waals surface area (Å²) in [5.74, 6) is 4.19. The molecule has 1 atom stereocenters. The largest absolute Gasteiger partial charge is 0.496 e. The first-order valence-corrected chi connectivity index (χ1v) is 10.3. The van der Waals surface area contributed by atoms with Crippen molar-refractivity contribution < 1.29 is 19.4 Å². The highest BCUT2D eigenvalue weighted by molar-refractivity contribution is 5.95. The van der Waals surface area contributed by atoms with Gasteiger partial charge in [0.2, 0.25) is 0 Å². The molecule has 1 unspecified atom stereocenters. The highest BCUT2D eigenvalue weighted by Gasteiger charge is 2.21. The highest BCUT2D eigenvalue weighted by Crippen LogP contribution is 2.34. The van der Waals surface area contributed by atoms with Crippen molar-refractivity contribution in [2.45, 2.75) is 18.9 Å². The Labute approximate surface area is 192 Å². The van der Waals surface area contributed by atoms with Crippen LogP contribution in [0.25, 0.3) is 0 Å². The Kier molecular flexibility index (Phi) is 8.02. The van der Waals surface area contributed by atoms with E-state index in [1.165, 1.54) is 6.34 Å². The molecular formula is C25H26N4O4. The number of rotatable bonds is 10. The van der Waals surface area contributed by atoms with Gasteiger partial charge in [0, 0.05) is 29.3 Å². The maximum atomic E-state index is 12.6. The molecule has 0 spiro atoms. The Morgan fingerprint density at radius 2 is 1.88 bits per heavy atom. The van der Waals surface area contributed by atoms with Crippen molar-refractivity contribution in [3.63, 3.8) is 0 Å². The van der Waals surface area contributed by atoms with E-state index in [-0.39, 0.29) is 18.2 Å². The van der Waals surface area contributed by atoms with Crippen molar-refractivity contribution in [1.82, 2.24) is 5.32 Å². The Morgan fingerprint density at radius 3 is 2.64 bits per heavy atom. The molecule has 0 aliphatic heterocycles. The molecule has 0 radical (unpaired) electrons. The van der Waals surface area contributed by atoms with Crippen molar-refractivity contribution >= 4 is 23.9 Å². The zero-order chi connectivity index (χ0) is 23.6. The van der Waals surface area contributed by atoms with Gasteiger partial charge in [-0.05, 0) is 35.4 Å². The third kappa shape index (κ3) is 6.33. The predicted octanol–water partition coefficient (Wildman–Crippen LogP) is 3.55. The van der Waals surface area contributed by atoms with Crippen LogP contribution in [0.5, 0.6) is 5.75 Å². The summed E-state index contributed by atoms with van der Waals surface area (Å²) in [6, 6.07) is 21.9. The number of nitrogens with one attached hydrogen (secondary N) is 2. The number of carbonyl (C=O) groups excluding carboxylic acids is 1. The average Bonchev–Trinajstić information content (AvgIpc) is 2.84.